The second kappa shape index (κ2) is 8.74. The molecule has 2 aromatic carbocycles. The average molecular weight is 440 g/mol. The predicted octanol–water partition coefficient (Wildman–Crippen LogP) is 4.83. The first kappa shape index (κ1) is 23.8. The van der Waals surface area contributed by atoms with E-state index in [1.165, 1.54) is 16.4 Å². The Balaban J connectivity index is 2.38. The highest BCUT2D eigenvalue weighted by Crippen LogP contribution is 2.22. The van der Waals surface area contributed by atoms with Crippen LogP contribution in [0, 0.1) is 6.92 Å². The van der Waals surface area contributed by atoms with Crippen molar-refractivity contribution in [3.8, 4) is 0 Å². The van der Waals surface area contributed by atoms with E-state index in [4.69, 9.17) is 5.11 Å². The monoisotopic (exact) mass is 439 g/mol. The lowest BCUT2D eigenvalue weighted by molar-refractivity contribution is -0.131. The van der Waals surface area contributed by atoms with Crippen LogP contribution >= 0.6 is 0 Å². The molecular weight excluding hydrogens is 406 g/mol. The molecule has 2 N–H and O–H groups in total. The van der Waals surface area contributed by atoms with E-state index in [0.717, 1.165) is 11.1 Å². The van der Waals surface area contributed by atoms with Crippen LogP contribution in [0.15, 0.2) is 42.5 Å². The predicted molar refractivity (Wildman–Crippen MR) is 133 cm³/mol. The van der Waals surface area contributed by atoms with Gasteiger partial charge < -0.3 is 10.4 Å². The van der Waals surface area contributed by atoms with Crippen LogP contribution in [0.4, 0.5) is 5.69 Å². The fourth-order valence-electron chi connectivity index (χ4n) is 3.27. The molecule has 0 spiro atoms. The van der Waals surface area contributed by atoms with Crippen LogP contribution < -0.4 is 15.7 Å². The molecule has 1 amide bonds. The van der Waals surface area contributed by atoms with Crippen LogP contribution in [0.25, 0.3) is 5.57 Å². The standard InChI is InChI=1S/C24H33NO3Si2/c1-16-11-19(9-10-22(16)17(2)12-23(26)27)25-24(28)18-13-20(29(3,4)5)15-21(14-18)30(6,7)8/h9-15H,1-8H3,(H,25,28)(H,26,27)/b17-12-. The molecule has 0 fully saturated rings. The minimum atomic E-state index is -1.57. The van der Waals surface area contributed by atoms with Crippen LogP contribution in [-0.2, 0) is 4.79 Å². The Morgan fingerprint density at radius 3 is 1.87 bits per heavy atom. The zero-order valence-corrected chi connectivity index (χ0v) is 21.3. The first-order valence-corrected chi connectivity index (χ1v) is 17.2. The van der Waals surface area contributed by atoms with E-state index in [1.54, 1.807) is 6.92 Å². The number of aryl methyl sites for hydroxylation is 1. The van der Waals surface area contributed by atoms with Gasteiger partial charge in [-0.05, 0) is 42.7 Å². The molecule has 2 aromatic rings. The lowest BCUT2D eigenvalue weighted by Gasteiger charge is -2.24. The number of carboxylic acid groups (broad SMARTS) is 1. The Labute approximate surface area is 182 Å². The number of nitrogens with one attached hydrogen (secondary N) is 1. The molecule has 0 heterocycles. The zero-order valence-electron chi connectivity index (χ0n) is 19.3. The van der Waals surface area contributed by atoms with Crippen LogP contribution in [-0.4, -0.2) is 33.1 Å². The van der Waals surface area contributed by atoms with Crippen molar-refractivity contribution in [3.05, 3.63) is 59.2 Å². The lowest BCUT2D eigenvalue weighted by atomic mass is 10.0. The number of carbonyl (C=O) groups is 2. The smallest absolute Gasteiger partial charge is 0.328 e. The Bertz CT molecular complexity index is 980. The molecule has 6 heteroatoms. The SMILES string of the molecule is C/C(=C/C(=O)O)c1ccc(NC(=O)c2cc([Si](C)(C)C)cc([Si](C)(C)C)c2)cc1C. The summed E-state index contributed by atoms with van der Waals surface area (Å²) in [5.41, 5.74) is 3.87. The van der Waals surface area contributed by atoms with Gasteiger partial charge in [0.2, 0.25) is 0 Å². The quantitative estimate of drug-likeness (QED) is 0.501. The van der Waals surface area contributed by atoms with Crippen LogP contribution in [0.3, 0.4) is 0 Å². The van der Waals surface area contributed by atoms with Crippen molar-refractivity contribution in [2.24, 2.45) is 0 Å². The van der Waals surface area contributed by atoms with E-state index in [-0.39, 0.29) is 5.91 Å². The topological polar surface area (TPSA) is 66.4 Å². The van der Waals surface area contributed by atoms with Crippen LogP contribution in [0.2, 0.25) is 39.3 Å². The van der Waals surface area contributed by atoms with Crippen LogP contribution in [0.1, 0.15) is 28.4 Å². The number of carboxylic acids is 1. The van der Waals surface area contributed by atoms with E-state index in [1.807, 2.05) is 37.3 Å². The molecule has 160 valence electrons. The van der Waals surface area contributed by atoms with Crippen molar-refractivity contribution >= 4 is 49.7 Å². The third kappa shape index (κ3) is 6.03. The number of hydrogen-bond donors (Lipinski definition) is 2. The summed E-state index contributed by atoms with van der Waals surface area (Å²) in [4.78, 5) is 24.0. The third-order valence-corrected chi connectivity index (χ3v) is 9.22. The zero-order chi connectivity index (χ0) is 22.9. The van der Waals surface area contributed by atoms with Gasteiger partial charge in [-0.3, -0.25) is 4.79 Å². The number of benzene rings is 2. The fourth-order valence-corrected chi connectivity index (χ4v) is 5.77. The van der Waals surface area contributed by atoms with E-state index >= 15 is 0 Å². The lowest BCUT2D eigenvalue weighted by Crippen LogP contribution is -2.46. The van der Waals surface area contributed by atoms with E-state index in [0.29, 0.717) is 16.8 Å². The highest BCUT2D eigenvalue weighted by molar-refractivity contribution is 6.91. The van der Waals surface area contributed by atoms with Crippen molar-refractivity contribution in [2.75, 3.05) is 5.32 Å². The molecule has 0 aliphatic rings. The number of aliphatic carboxylic acids is 1. The minimum Gasteiger partial charge on any atom is -0.478 e. The normalized spacial score (nSPS) is 12.6. The molecule has 0 saturated heterocycles. The number of anilines is 1. The van der Waals surface area contributed by atoms with Gasteiger partial charge in [0.1, 0.15) is 0 Å². The summed E-state index contributed by atoms with van der Waals surface area (Å²) in [6.07, 6.45) is 1.19. The van der Waals surface area contributed by atoms with E-state index in [9.17, 15) is 9.59 Å². The number of carbonyl (C=O) groups excluding carboxylic acids is 1. The Hall–Kier alpha value is -2.45. The maximum Gasteiger partial charge on any atom is 0.328 e. The molecule has 0 aliphatic carbocycles. The second-order valence-corrected chi connectivity index (χ2v) is 20.1. The molecular formula is C24H33NO3Si2. The Morgan fingerprint density at radius 2 is 1.43 bits per heavy atom. The summed E-state index contributed by atoms with van der Waals surface area (Å²) >= 11 is 0. The molecule has 0 unspecified atom stereocenters. The first-order valence-electron chi connectivity index (χ1n) is 10.2. The van der Waals surface area contributed by atoms with Gasteiger partial charge in [-0.1, -0.05) is 73.9 Å². The summed E-state index contributed by atoms with van der Waals surface area (Å²) in [6, 6.07) is 12.0. The minimum absolute atomic E-state index is 0.112. The molecule has 4 nitrogen and oxygen atoms in total. The van der Waals surface area contributed by atoms with Gasteiger partial charge in [-0.25, -0.2) is 4.79 Å². The van der Waals surface area contributed by atoms with Gasteiger partial charge in [0.15, 0.2) is 0 Å². The molecule has 0 aliphatic heterocycles. The maximum absolute atomic E-state index is 13.1. The Kier molecular flexibility index (Phi) is 6.94. The largest absolute Gasteiger partial charge is 0.478 e. The number of rotatable bonds is 6. The summed E-state index contributed by atoms with van der Waals surface area (Å²) in [5, 5.41) is 14.6. The van der Waals surface area contributed by atoms with Crippen molar-refractivity contribution in [1.82, 2.24) is 0 Å². The third-order valence-electron chi connectivity index (χ3n) is 5.18. The maximum atomic E-state index is 13.1. The molecule has 2 rings (SSSR count). The highest BCUT2D eigenvalue weighted by Gasteiger charge is 2.24. The highest BCUT2D eigenvalue weighted by atomic mass is 28.3. The summed E-state index contributed by atoms with van der Waals surface area (Å²) in [6.45, 7) is 17.5. The van der Waals surface area contributed by atoms with Crippen molar-refractivity contribution in [2.45, 2.75) is 53.1 Å². The summed E-state index contributed by atoms with van der Waals surface area (Å²) in [5.74, 6) is -1.08. The van der Waals surface area contributed by atoms with Crippen molar-refractivity contribution in [1.29, 1.82) is 0 Å². The van der Waals surface area contributed by atoms with E-state index in [2.05, 4.69) is 50.7 Å². The number of allylic oxidation sites excluding steroid dienone is 1. The van der Waals surface area contributed by atoms with Gasteiger partial charge >= 0.3 is 5.97 Å². The molecule has 0 aromatic heterocycles. The number of amides is 1. The van der Waals surface area contributed by atoms with Gasteiger partial charge in [0.05, 0.1) is 16.1 Å². The average Bonchev–Trinajstić information content (AvgIpc) is 2.59. The molecule has 0 atom stereocenters. The summed E-state index contributed by atoms with van der Waals surface area (Å²) in [7, 11) is -3.13. The van der Waals surface area contributed by atoms with Gasteiger partial charge in [0, 0.05) is 17.3 Å². The fraction of sp³-hybridized carbons (Fsp3) is 0.333. The van der Waals surface area contributed by atoms with E-state index < -0.39 is 22.1 Å². The summed E-state index contributed by atoms with van der Waals surface area (Å²) < 4.78 is 0. The second-order valence-electron chi connectivity index (χ2n) is 9.95. The molecule has 30 heavy (non-hydrogen) atoms. The Morgan fingerprint density at radius 1 is 0.900 bits per heavy atom. The van der Waals surface area contributed by atoms with Gasteiger partial charge in [0.25, 0.3) is 5.91 Å². The van der Waals surface area contributed by atoms with Gasteiger partial charge in [-0.2, -0.15) is 0 Å². The molecule has 0 radical (unpaired) electrons. The van der Waals surface area contributed by atoms with Gasteiger partial charge in [-0.15, -0.1) is 0 Å². The van der Waals surface area contributed by atoms with Crippen molar-refractivity contribution < 1.29 is 14.7 Å². The molecule has 0 saturated carbocycles. The number of hydrogen-bond acceptors (Lipinski definition) is 2. The molecule has 0 bridgehead atoms. The van der Waals surface area contributed by atoms with Crippen LogP contribution in [0.5, 0.6) is 0 Å². The van der Waals surface area contributed by atoms with Crippen molar-refractivity contribution in [3.63, 3.8) is 0 Å². The first-order chi connectivity index (χ1) is 13.7.